The molecule has 8 atom stereocenters. The lowest BCUT2D eigenvalue weighted by Gasteiger charge is -2.44. The lowest BCUT2D eigenvalue weighted by atomic mass is 9.61. The smallest absolute Gasteiger partial charge is 0.228 e. The highest BCUT2D eigenvalue weighted by Crippen LogP contribution is 2.48. The number of unbranched alkanes of at least 4 members (excludes halogenated alkanes) is 18. The zero-order chi connectivity index (χ0) is 52.4. The maximum Gasteiger partial charge on any atom is 0.228 e. The van der Waals surface area contributed by atoms with E-state index in [0.29, 0.717) is 43.1 Å². The van der Waals surface area contributed by atoms with Gasteiger partial charge in [-0.25, -0.2) is 0 Å². The van der Waals surface area contributed by atoms with E-state index in [-0.39, 0.29) is 29.9 Å². The van der Waals surface area contributed by atoms with Crippen LogP contribution in [0.15, 0.2) is 0 Å². The van der Waals surface area contributed by atoms with Gasteiger partial charge in [0.15, 0.2) is 0 Å². The van der Waals surface area contributed by atoms with Crippen LogP contribution in [0.25, 0.3) is 0 Å². The van der Waals surface area contributed by atoms with Crippen LogP contribution in [0.3, 0.4) is 0 Å². The van der Waals surface area contributed by atoms with Crippen molar-refractivity contribution in [2.45, 2.75) is 291 Å². The molecule has 416 valence electrons. The molecule has 0 amide bonds. The van der Waals surface area contributed by atoms with Gasteiger partial charge in [-0.3, -0.25) is 0 Å². The molecule has 13 nitrogen and oxygen atoms in total. The molecule has 8 unspecified atom stereocenters. The Bertz CT molecular complexity index is 1630. The van der Waals surface area contributed by atoms with Gasteiger partial charge < -0.3 is 37.5 Å². The predicted octanol–water partition coefficient (Wildman–Crippen LogP) is 14.6. The van der Waals surface area contributed by atoms with Crippen LogP contribution >= 0.6 is 0 Å². The first-order valence-electron chi connectivity index (χ1n) is 30.4. The van der Waals surface area contributed by atoms with Crippen molar-refractivity contribution >= 4 is 23.8 Å². The van der Waals surface area contributed by atoms with Gasteiger partial charge in [-0.15, -0.1) is 0 Å². The molecule has 1 aliphatic rings. The van der Waals surface area contributed by atoms with Gasteiger partial charge in [0.2, 0.25) is 23.8 Å². The molecule has 2 aromatic rings. The lowest BCUT2D eigenvalue weighted by molar-refractivity contribution is 0.0581. The van der Waals surface area contributed by atoms with Crippen LogP contribution in [0.2, 0.25) is 0 Å². The molecule has 8 N–H and O–H groups in total. The Morgan fingerprint density at radius 1 is 0.500 bits per heavy atom. The number of rotatable bonds is 44. The normalized spacial score (nSPS) is 18.9. The summed E-state index contributed by atoms with van der Waals surface area (Å²) in [6.45, 7) is 25.0. The second-order valence-corrected chi connectivity index (χ2v) is 23.0. The number of nitrogen functional groups attached to an aromatic ring is 2. The third-order valence-corrected chi connectivity index (χ3v) is 15.7. The van der Waals surface area contributed by atoms with Gasteiger partial charge in [0.25, 0.3) is 0 Å². The summed E-state index contributed by atoms with van der Waals surface area (Å²) < 4.78 is 5.95. The van der Waals surface area contributed by atoms with E-state index in [4.69, 9.17) is 21.2 Å². The highest BCUT2D eigenvalue weighted by Gasteiger charge is 2.38. The van der Waals surface area contributed by atoms with E-state index in [1.807, 2.05) is 0 Å². The minimum Gasteiger partial charge on any atom is -0.378 e. The number of hydrogen-bond donors (Lipinski definition) is 6. The summed E-state index contributed by atoms with van der Waals surface area (Å²) in [5, 5.41) is 14.1. The number of nitrogens with zero attached hydrogens (tertiary/aromatic N) is 6. The number of hydrogen-bond acceptors (Lipinski definition) is 13. The van der Waals surface area contributed by atoms with E-state index in [1.165, 1.54) is 173 Å². The van der Waals surface area contributed by atoms with Crippen molar-refractivity contribution in [1.82, 2.24) is 40.5 Å². The maximum absolute atomic E-state index is 6.20. The average molecular weight is 1010 g/mol. The molecule has 0 saturated heterocycles. The molecule has 13 heteroatoms. The quantitative estimate of drug-likeness (QED) is 0.0345. The molecule has 1 aliphatic carbocycles. The first-order chi connectivity index (χ1) is 34.8. The summed E-state index contributed by atoms with van der Waals surface area (Å²) in [7, 11) is 0. The third kappa shape index (κ3) is 27.1. The van der Waals surface area contributed by atoms with Crippen molar-refractivity contribution in [3.63, 3.8) is 0 Å². The minimum absolute atomic E-state index is 0.0454. The Hall–Kier alpha value is -2.90. The molecule has 2 heterocycles. The summed E-state index contributed by atoms with van der Waals surface area (Å²) in [6, 6.07) is 1.06. The van der Waals surface area contributed by atoms with Gasteiger partial charge >= 0.3 is 0 Å². The monoisotopic (exact) mass is 1010 g/mol. The van der Waals surface area contributed by atoms with Gasteiger partial charge in [-0.05, 0) is 89.0 Å². The number of aromatic nitrogens is 6. The second-order valence-electron chi connectivity index (χ2n) is 23.0. The van der Waals surface area contributed by atoms with E-state index in [2.05, 4.69) is 115 Å². The molecule has 72 heavy (non-hydrogen) atoms. The second kappa shape index (κ2) is 38.6. The van der Waals surface area contributed by atoms with Crippen molar-refractivity contribution in [2.24, 2.45) is 23.7 Å². The number of ether oxygens (including phenoxy) is 1. The highest BCUT2D eigenvalue weighted by atomic mass is 16.5. The summed E-state index contributed by atoms with van der Waals surface area (Å²) in [4.78, 5) is 26.9. The summed E-state index contributed by atoms with van der Waals surface area (Å²) in [5.74, 6) is 7.38. The fraction of sp³-hybridized carbons (Fsp3) is 0.898. The van der Waals surface area contributed by atoms with E-state index < -0.39 is 0 Å². The molecule has 3 rings (SSSR count). The largest absolute Gasteiger partial charge is 0.378 e. The van der Waals surface area contributed by atoms with Crippen LogP contribution in [0.4, 0.5) is 23.8 Å². The van der Waals surface area contributed by atoms with Crippen molar-refractivity contribution in [1.29, 1.82) is 0 Å². The summed E-state index contributed by atoms with van der Waals surface area (Å²) >= 11 is 0. The van der Waals surface area contributed by atoms with Crippen molar-refractivity contribution in [3.8, 4) is 0 Å². The van der Waals surface area contributed by atoms with Crippen molar-refractivity contribution < 1.29 is 4.74 Å². The van der Waals surface area contributed by atoms with Crippen LogP contribution in [-0.2, 0) is 4.74 Å². The van der Waals surface area contributed by atoms with Gasteiger partial charge in [-0.2, -0.15) is 29.9 Å². The third-order valence-electron chi connectivity index (χ3n) is 15.7. The van der Waals surface area contributed by atoms with Gasteiger partial charge in [0.1, 0.15) is 11.6 Å². The lowest BCUT2D eigenvalue weighted by Crippen LogP contribution is -2.37. The van der Waals surface area contributed by atoms with Crippen LogP contribution in [0.1, 0.15) is 279 Å². The van der Waals surface area contributed by atoms with Crippen molar-refractivity contribution in [3.05, 3.63) is 11.6 Å². The standard InChI is InChI=1S/C59H114N12O/c1-11-14-16-28-34-49-38-39-50(35-29-24-20-18-23-27-33-41-63-58-68-54(44(4)5)66-56(60)70-58)52(51(49)36-30-17-15-12-2)37-31-25-21-19-22-26-32-40-62-53(13-3)48(10)55-67-57(61)71-59(69-55)65-47(9)43-72-42-46(8)64-45(6)7/h44-53,62,64H,11-43H2,1-10H3,(H3,60,63,66,68,70)(H3,61,65,67,69,71). The Kier molecular flexibility index (Phi) is 34.0. The number of nitrogens with one attached hydrogen (secondary N) is 4. The van der Waals surface area contributed by atoms with Gasteiger partial charge in [-0.1, -0.05) is 197 Å². The zero-order valence-corrected chi connectivity index (χ0v) is 48.4. The topological polar surface area (TPSA) is 187 Å². The van der Waals surface area contributed by atoms with Crippen LogP contribution < -0.4 is 32.7 Å². The molecule has 1 fully saturated rings. The molecule has 0 aliphatic heterocycles. The molecule has 1 saturated carbocycles. The number of nitrogens with two attached hydrogens (primary N) is 2. The average Bonchev–Trinajstić information content (AvgIpc) is 3.34. The SMILES string of the molecule is CCCCCCC1CCC(CCCCCCCCCNc2nc(N)nc(C(C)C)n2)C(CCCCCCCCCNC(CC)C(C)c2nc(N)nc(NC(C)COCC(C)NC(C)C)n2)C1CCCCCC. The Labute approximate surface area is 442 Å². The maximum atomic E-state index is 6.20. The van der Waals surface area contributed by atoms with Crippen LogP contribution in [-0.4, -0.2) is 80.4 Å². The van der Waals surface area contributed by atoms with E-state index >= 15 is 0 Å². The van der Waals surface area contributed by atoms with E-state index in [1.54, 1.807) is 0 Å². The summed E-state index contributed by atoms with van der Waals surface area (Å²) in [5.41, 5.74) is 12.1. The first-order valence-corrected chi connectivity index (χ1v) is 30.4. The predicted molar refractivity (Wildman–Crippen MR) is 308 cm³/mol. The first kappa shape index (κ1) is 63.4. The molecule has 0 radical (unpaired) electrons. The van der Waals surface area contributed by atoms with E-state index in [0.717, 1.165) is 61.3 Å². The molecular formula is C59H114N12O. The fourth-order valence-electron chi connectivity index (χ4n) is 11.7. The molecule has 0 aromatic carbocycles. The minimum atomic E-state index is 0.0454. The highest BCUT2D eigenvalue weighted by molar-refractivity contribution is 5.33. The Morgan fingerprint density at radius 3 is 1.49 bits per heavy atom. The summed E-state index contributed by atoms with van der Waals surface area (Å²) in [6.07, 6.45) is 39.9. The Balaban J connectivity index is 1.40. The fourth-order valence-corrected chi connectivity index (χ4v) is 11.7. The van der Waals surface area contributed by atoms with Crippen molar-refractivity contribution in [2.75, 3.05) is 48.4 Å². The zero-order valence-electron chi connectivity index (χ0n) is 48.4. The van der Waals surface area contributed by atoms with Gasteiger partial charge in [0.05, 0.1) is 13.2 Å². The van der Waals surface area contributed by atoms with Crippen LogP contribution in [0, 0.1) is 23.7 Å². The molecule has 0 bridgehead atoms. The number of anilines is 4. The molecular weight excluding hydrogens is 893 g/mol. The van der Waals surface area contributed by atoms with E-state index in [9.17, 15) is 0 Å². The molecule has 0 spiro atoms. The van der Waals surface area contributed by atoms with Gasteiger partial charge in [0, 0.05) is 42.5 Å². The Morgan fingerprint density at radius 2 is 0.958 bits per heavy atom. The molecule has 2 aromatic heterocycles. The van der Waals surface area contributed by atoms with Crippen LogP contribution in [0.5, 0.6) is 0 Å².